The molecule has 1 aliphatic rings. The van der Waals surface area contributed by atoms with Crippen molar-refractivity contribution in [2.75, 3.05) is 18.0 Å². The summed E-state index contributed by atoms with van der Waals surface area (Å²) in [6.45, 7) is 8.15. The normalized spacial score (nSPS) is 14.0. The summed E-state index contributed by atoms with van der Waals surface area (Å²) in [4.78, 5) is 2.60. The zero-order chi connectivity index (χ0) is 15.4. The quantitative estimate of drug-likeness (QED) is 0.494. The maximum atomic E-state index is 2.60. The highest BCUT2D eigenvalue weighted by molar-refractivity contribution is 7.21. The van der Waals surface area contributed by atoms with E-state index >= 15 is 0 Å². The lowest BCUT2D eigenvalue weighted by molar-refractivity contribution is -0.641. The Morgan fingerprint density at radius 1 is 1.09 bits per heavy atom. The Morgan fingerprint density at radius 2 is 1.95 bits per heavy atom. The molecule has 0 fully saturated rings. The minimum absolute atomic E-state index is 1.16. The van der Waals surface area contributed by atoms with Gasteiger partial charge in [0.05, 0.1) is 11.2 Å². The van der Waals surface area contributed by atoms with Crippen molar-refractivity contribution in [1.29, 1.82) is 0 Å². The molecule has 0 bridgehead atoms. The standard InChI is InChI=1S/C19H29N2S/c1-3-5-7-8-12-20-13-14-21-17-11-10-16(9-6-4-2)15-18(17)22-19(20)21/h10-11,15H,3-9,12-14H2,1-2H3/q+1. The van der Waals surface area contributed by atoms with E-state index in [0.717, 1.165) is 6.54 Å². The third-order valence-electron chi connectivity index (χ3n) is 4.71. The molecule has 0 N–H and O–H groups in total. The summed E-state index contributed by atoms with van der Waals surface area (Å²) in [6, 6.07) is 7.11. The molecule has 0 saturated heterocycles. The molecule has 3 heteroatoms. The van der Waals surface area contributed by atoms with Gasteiger partial charge in [-0.1, -0.05) is 39.2 Å². The molecule has 0 aliphatic carbocycles. The molecule has 1 aromatic carbocycles. The van der Waals surface area contributed by atoms with E-state index in [-0.39, 0.29) is 0 Å². The SMILES string of the molecule is CCCCCCN1CC[n+]2c1sc1cc(CCCC)ccc12. The van der Waals surface area contributed by atoms with Crippen molar-refractivity contribution in [3.63, 3.8) is 0 Å². The molecule has 120 valence electrons. The lowest BCUT2D eigenvalue weighted by Crippen LogP contribution is -2.29. The van der Waals surface area contributed by atoms with Crippen LogP contribution < -0.4 is 9.47 Å². The van der Waals surface area contributed by atoms with Gasteiger partial charge in [-0.25, -0.2) is 9.47 Å². The first-order chi connectivity index (χ1) is 10.8. The second-order valence-electron chi connectivity index (χ2n) is 6.49. The Hall–Kier alpha value is -1.09. The van der Waals surface area contributed by atoms with Gasteiger partial charge in [0.25, 0.3) is 0 Å². The highest BCUT2D eigenvalue weighted by Crippen LogP contribution is 2.31. The minimum Gasteiger partial charge on any atom is -0.248 e. The third kappa shape index (κ3) is 3.29. The number of benzene rings is 1. The van der Waals surface area contributed by atoms with E-state index in [1.165, 1.54) is 78.9 Å². The molecule has 0 spiro atoms. The van der Waals surface area contributed by atoms with Crippen molar-refractivity contribution in [3.8, 4) is 0 Å². The third-order valence-corrected chi connectivity index (χ3v) is 5.92. The van der Waals surface area contributed by atoms with E-state index in [2.05, 4.69) is 41.5 Å². The molecule has 0 atom stereocenters. The van der Waals surface area contributed by atoms with Crippen LogP contribution in [-0.4, -0.2) is 13.1 Å². The first-order valence-electron chi connectivity index (χ1n) is 9.03. The largest absolute Gasteiger partial charge is 0.337 e. The van der Waals surface area contributed by atoms with Crippen molar-refractivity contribution >= 4 is 26.7 Å². The van der Waals surface area contributed by atoms with Crippen LogP contribution in [0.25, 0.3) is 10.2 Å². The van der Waals surface area contributed by atoms with E-state index in [9.17, 15) is 0 Å². The second-order valence-corrected chi connectivity index (χ2v) is 7.50. The van der Waals surface area contributed by atoms with Gasteiger partial charge in [-0.05, 0) is 54.7 Å². The van der Waals surface area contributed by atoms with Crippen LogP contribution in [0.15, 0.2) is 18.2 Å². The molecular formula is C19H29N2S+. The fraction of sp³-hybridized carbons (Fsp3) is 0.632. The number of thiazole rings is 1. The highest BCUT2D eigenvalue weighted by atomic mass is 32.1. The van der Waals surface area contributed by atoms with Crippen LogP contribution in [0.2, 0.25) is 0 Å². The monoisotopic (exact) mass is 317 g/mol. The van der Waals surface area contributed by atoms with Crippen molar-refractivity contribution in [2.45, 2.75) is 65.3 Å². The smallest absolute Gasteiger partial charge is 0.248 e. The molecule has 0 unspecified atom stereocenters. The van der Waals surface area contributed by atoms with Gasteiger partial charge in [0, 0.05) is 0 Å². The van der Waals surface area contributed by atoms with Gasteiger partial charge in [0.1, 0.15) is 18.6 Å². The van der Waals surface area contributed by atoms with Crippen LogP contribution in [0.5, 0.6) is 0 Å². The van der Waals surface area contributed by atoms with Gasteiger partial charge in [-0.15, -0.1) is 0 Å². The topological polar surface area (TPSA) is 7.12 Å². The number of aromatic nitrogens is 1. The van der Waals surface area contributed by atoms with Gasteiger partial charge in [-0.2, -0.15) is 0 Å². The van der Waals surface area contributed by atoms with Gasteiger partial charge < -0.3 is 0 Å². The zero-order valence-corrected chi connectivity index (χ0v) is 14.9. The van der Waals surface area contributed by atoms with E-state index in [1.54, 1.807) is 0 Å². The van der Waals surface area contributed by atoms with Crippen molar-refractivity contribution < 1.29 is 4.57 Å². The molecule has 22 heavy (non-hydrogen) atoms. The van der Waals surface area contributed by atoms with Gasteiger partial charge in [-0.3, -0.25) is 0 Å². The van der Waals surface area contributed by atoms with Crippen LogP contribution >= 0.6 is 11.3 Å². The van der Waals surface area contributed by atoms with E-state index in [4.69, 9.17) is 0 Å². The molecule has 1 aromatic heterocycles. The molecule has 0 amide bonds. The molecule has 2 heterocycles. The van der Waals surface area contributed by atoms with Gasteiger partial charge in [0.15, 0.2) is 0 Å². The molecule has 0 radical (unpaired) electrons. The van der Waals surface area contributed by atoms with Gasteiger partial charge >= 0.3 is 5.13 Å². The van der Waals surface area contributed by atoms with Crippen molar-refractivity contribution in [3.05, 3.63) is 23.8 Å². The first kappa shape index (κ1) is 15.8. The van der Waals surface area contributed by atoms with Crippen molar-refractivity contribution in [2.24, 2.45) is 0 Å². The average molecular weight is 318 g/mol. The van der Waals surface area contributed by atoms with E-state index in [0.29, 0.717) is 0 Å². The molecule has 3 rings (SSSR count). The first-order valence-corrected chi connectivity index (χ1v) is 9.85. The summed E-state index contributed by atoms with van der Waals surface area (Å²) >= 11 is 1.99. The van der Waals surface area contributed by atoms with E-state index in [1.807, 2.05) is 11.3 Å². The predicted molar refractivity (Wildman–Crippen MR) is 97.0 cm³/mol. The Balaban J connectivity index is 1.73. The lowest BCUT2D eigenvalue weighted by atomic mass is 10.1. The van der Waals surface area contributed by atoms with Crippen molar-refractivity contribution in [1.82, 2.24) is 0 Å². The number of fused-ring (bicyclic) bond motifs is 3. The number of nitrogens with zero attached hydrogens (tertiary/aromatic N) is 2. The number of rotatable bonds is 8. The summed E-state index contributed by atoms with van der Waals surface area (Å²) in [7, 11) is 0. The van der Waals surface area contributed by atoms with E-state index < -0.39 is 0 Å². The van der Waals surface area contributed by atoms with Gasteiger partial charge in [0.2, 0.25) is 0 Å². The summed E-state index contributed by atoms with van der Waals surface area (Å²) < 4.78 is 4.01. The number of anilines is 1. The Labute approximate surface area is 138 Å². The predicted octanol–water partition coefficient (Wildman–Crippen LogP) is 4.93. The Kier molecular flexibility index (Phi) is 5.35. The fourth-order valence-electron chi connectivity index (χ4n) is 3.36. The molecule has 1 aliphatic heterocycles. The molecular weight excluding hydrogens is 288 g/mol. The lowest BCUT2D eigenvalue weighted by Gasteiger charge is -2.07. The summed E-state index contributed by atoms with van der Waals surface area (Å²) in [6.07, 6.45) is 9.21. The molecule has 0 saturated carbocycles. The Bertz CT molecular complexity index is 617. The number of aryl methyl sites for hydroxylation is 1. The maximum absolute atomic E-state index is 2.60. The molecule has 2 nitrogen and oxygen atoms in total. The fourth-order valence-corrected chi connectivity index (χ4v) is 4.66. The highest BCUT2D eigenvalue weighted by Gasteiger charge is 2.31. The maximum Gasteiger partial charge on any atom is 0.337 e. The summed E-state index contributed by atoms with van der Waals surface area (Å²) in [5.41, 5.74) is 2.95. The van der Waals surface area contributed by atoms with Crippen LogP contribution in [0.1, 0.15) is 57.9 Å². The summed E-state index contributed by atoms with van der Waals surface area (Å²) in [5.74, 6) is 0. The van der Waals surface area contributed by atoms with Crippen LogP contribution in [0.3, 0.4) is 0 Å². The Morgan fingerprint density at radius 3 is 2.77 bits per heavy atom. The van der Waals surface area contributed by atoms with Crippen LogP contribution in [0.4, 0.5) is 5.13 Å². The number of hydrogen-bond donors (Lipinski definition) is 0. The van der Waals surface area contributed by atoms with Crippen LogP contribution in [-0.2, 0) is 13.0 Å². The number of hydrogen-bond acceptors (Lipinski definition) is 2. The van der Waals surface area contributed by atoms with Crippen LogP contribution in [0, 0.1) is 0 Å². The second kappa shape index (κ2) is 7.45. The average Bonchev–Trinajstić information content (AvgIpc) is 3.08. The minimum atomic E-state index is 1.16. The molecule has 2 aromatic rings. The number of unbranched alkanes of at least 4 members (excludes halogenated alkanes) is 4. The summed E-state index contributed by atoms with van der Waals surface area (Å²) in [5, 5.41) is 1.49. The zero-order valence-electron chi connectivity index (χ0n) is 14.1.